The van der Waals surface area contributed by atoms with Crippen LogP contribution in [0.3, 0.4) is 0 Å². The number of halogens is 1. The highest BCUT2D eigenvalue weighted by Gasteiger charge is 2.32. The van der Waals surface area contributed by atoms with Crippen LogP contribution in [0.25, 0.3) is 0 Å². The van der Waals surface area contributed by atoms with Crippen LogP contribution in [-0.2, 0) is 24.8 Å². The number of benzene rings is 2. The summed E-state index contributed by atoms with van der Waals surface area (Å²) in [5.41, 5.74) is 1.01. The molecule has 0 aromatic heterocycles. The molecule has 1 atom stereocenters. The first-order chi connectivity index (χ1) is 15.9. The van der Waals surface area contributed by atoms with Crippen LogP contribution in [0, 0.1) is 6.92 Å². The lowest BCUT2D eigenvalue weighted by Crippen LogP contribution is -2.45. The van der Waals surface area contributed by atoms with Gasteiger partial charge in [0, 0.05) is 18.1 Å². The molecule has 2 aromatic rings. The van der Waals surface area contributed by atoms with Gasteiger partial charge >= 0.3 is 0 Å². The molecule has 0 aliphatic carbocycles. The molecule has 186 valence electrons. The number of rotatable bonds is 8. The number of hydrogen-bond acceptors (Lipinski definition) is 6. The summed E-state index contributed by atoms with van der Waals surface area (Å²) < 4.78 is 58.9. The van der Waals surface area contributed by atoms with E-state index >= 15 is 0 Å². The molecule has 0 unspecified atom stereocenters. The maximum absolute atomic E-state index is 13.2. The first-order valence-electron chi connectivity index (χ1n) is 10.6. The average molecular weight is 530 g/mol. The molecule has 34 heavy (non-hydrogen) atoms. The summed E-state index contributed by atoms with van der Waals surface area (Å²) in [6.07, 6.45) is 2.59. The highest BCUT2D eigenvalue weighted by molar-refractivity contribution is 7.92. The summed E-state index contributed by atoms with van der Waals surface area (Å²) in [5, 5.41) is 2.96. The molecular weight excluding hydrogens is 502 g/mol. The van der Waals surface area contributed by atoms with Gasteiger partial charge in [0.15, 0.2) is 0 Å². The molecule has 0 bridgehead atoms. The minimum atomic E-state index is -3.87. The Labute approximate surface area is 205 Å². The third-order valence-corrected chi connectivity index (χ3v) is 8.99. The van der Waals surface area contributed by atoms with Crippen LogP contribution in [-0.4, -0.2) is 59.5 Å². The fourth-order valence-corrected chi connectivity index (χ4v) is 6.80. The van der Waals surface area contributed by atoms with Crippen molar-refractivity contribution < 1.29 is 26.4 Å². The van der Waals surface area contributed by atoms with Gasteiger partial charge in [-0.15, -0.1) is 0 Å². The second kappa shape index (κ2) is 10.1. The van der Waals surface area contributed by atoms with E-state index in [2.05, 4.69) is 5.32 Å². The van der Waals surface area contributed by atoms with Crippen molar-refractivity contribution in [3.8, 4) is 5.75 Å². The zero-order chi connectivity index (χ0) is 25.3. The van der Waals surface area contributed by atoms with Gasteiger partial charge in [-0.2, -0.15) is 4.31 Å². The normalized spacial score (nSPS) is 15.7. The number of aryl methyl sites for hydroxylation is 1. The molecular formula is C22H28ClN3O6S2. The summed E-state index contributed by atoms with van der Waals surface area (Å²) in [4.78, 5) is 13.2. The molecule has 1 aliphatic heterocycles. The fourth-order valence-electron chi connectivity index (χ4n) is 3.86. The Morgan fingerprint density at radius 1 is 1.12 bits per heavy atom. The lowest BCUT2D eigenvalue weighted by Gasteiger charge is -2.29. The molecule has 3 rings (SSSR count). The van der Waals surface area contributed by atoms with E-state index in [1.54, 1.807) is 19.1 Å². The van der Waals surface area contributed by atoms with Crippen LogP contribution < -0.4 is 14.4 Å². The number of hydrogen-bond donors (Lipinski definition) is 1. The number of anilines is 2. The van der Waals surface area contributed by atoms with Crippen LogP contribution >= 0.6 is 11.6 Å². The Kier molecular flexibility index (Phi) is 7.81. The third kappa shape index (κ3) is 5.48. The Morgan fingerprint density at radius 3 is 2.35 bits per heavy atom. The first kappa shape index (κ1) is 26.3. The van der Waals surface area contributed by atoms with Crippen LogP contribution in [0.4, 0.5) is 11.4 Å². The molecule has 12 heteroatoms. The topological polar surface area (TPSA) is 113 Å². The number of nitrogens with zero attached hydrogens (tertiary/aromatic N) is 2. The Balaban J connectivity index is 1.96. The molecule has 1 N–H and O–H groups in total. The predicted molar refractivity (Wildman–Crippen MR) is 133 cm³/mol. The molecule has 1 saturated heterocycles. The third-order valence-electron chi connectivity index (χ3n) is 5.63. The van der Waals surface area contributed by atoms with Crippen LogP contribution in [0.2, 0.25) is 5.02 Å². The van der Waals surface area contributed by atoms with Gasteiger partial charge < -0.3 is 10.1 Å². The lowest BCUT2D eigenvalue weighted by atomic mass is 10.1. The summed E-state index contributed by atoms with van der Waals surface area (Å²) in [7, 11) is -6.21. The Bertz CT molecular complexity index is 1290. The van der Waals surface area contributed by atoms with E-state index < -0.39 is 32.0 Å². The number of carbonyl (C=O) groups is 1. The molecule has 1 aliphatic rings. The summed E-state index contributed by atoms with van der Waals surface area (Å²) in [6, 6.07) is 7.80. The second-order valence-corrected chi connectivity index (χ2v) is 12.4. The zero-order valence-corrected chi connectivity index (χ0v) is 21.8. The van der Waals surface area contributed by atoms with Gasteiger partial charge in [0.25, 0.3) is 0 Å². The Morgan fingerprint density at radius 2 is 1.76 bits per heavy atom. The summed E-state index contributed by atoms with van der Waals surface area (Å²) in [5.74, 6) is -0.426. The zero-order valence-electron chi connectivity index (χ0n) is 19.4. The van der Waals surface area contributed by atoms with E-state index in [0.29, 0.717) is 23.7 Å². The SMILES string of the molecule is COc1ccc(S(=O)(=O)N2CCCC2)cc1NC(=O)[C@@H](C)N(c1cc(Cl)ccc1C)S(C)(=O)=O. The largest absolute Gasteiger partial charge is 0.495 e. The number of methoxy groups -OCH3 is 1. The lowest BCUT2D eigenvalue weighted by molar-refractivity contribution is -0.116. The monoisotopic (exact) mass is 529 g/mol. The van der Waals surface area contributed by atoms with Crippen LogP contribution in [0.5, 0.6) is 5.75 Å². The van der Waals surface area contributed by atoms with E-state index in [-0.39, 0.29) is 22.0 Å². The van der Waals surface area contributed by atoms with Crippen molar-refractivity contribution >= 4 is 48.9 Å². The molecule has 0 spiro atoms. The van der Waals surface area contributed by atoms with Crippen molar-refractivity contribution in [1.82, 2.24) is 4.31 Å². The van der Waals surface area contributed by atoms with Gasteiger partial charge in [-0.25, -0.2) is 16.8 Å². The van der Waals surface area contributed by atoms with E-state index in [1.807, 2.05) is 0 Å². The second-order valence-electron chi connectivity index (χ2n) is 8.13. The van der Waals surface area contributed by atoms with Gasteiger partial charge in [-0.1, -0.05) is 17.7 Å². The van der Waals surface area contributed by atoms with Gasteiger partial charge in [0.1, 0.15) is 11.8 Å². The Hall–Kier alpha value is -2.34. The van der Waals surface area contributed by atoms with Gasteiger partial charge in [0.2, 0.25) is 26.0 Å². The molecule has 1 fully saturated rings. The molecule has 2 aromatic carbocycles. The predicted octanol–water partition coefficient (Wildman–Crippen LogP) is 3.23. The van der Waals surface area contributed by atoms with E-state index in [9.17, 15) is 21.6 Å². The van der Waals surface area contributed by atoms with E-state index in [4.69, 9.17) is 16.3 Å². The summed E-state index contributed by atoms with van der Waals surface area (Å²) in [6.45, 7) is 4.03. The summed E-state index contributed by atoms with van der Waals surface area (Å²) >= 11 is 6.08. The van der Waals surface area contributed by atoms with Crippen molar-refractivity contribution in [2.75, 3.05) is 36.1 Å². The van der Waals surface area contributed by atoms with Crippen molar-refractivity contribution in [2.24, 2.45) is 0 Å². The van der Waals surface area contributed by atoms with E-state index in [0.717, 1.165) is 23.4 Å². The van der Waals surface area contributed by atoms with Crippen molar-refractivity contribution in [1.29, 1.82) is 0 Å². The quantitative estimate of drug-likeness (QED) is 0.561. The van der Waals surface area contributed by atoms with Crippen molar-refractivity contribution in [2.45, 2.75) is 37.6 Å². The smallest absolute Gasteiger partial charge is 0.248 e. The molecule has 0 saturated carbocycles. The minimum absolute atomic E-state index is 0.0174. The highest BCUT2D eigenvalue weighted by Crippen LogP contribution is 2.32. The maximum Gasteiger partial charge on any atom is 0.248 e. The van der Waals surface area contributed by atoms with Crippen molar-refractivity contribution in [3.05, 3.63) is 47.0 Å². The van der Waals surface area contributed by atoms with Gasteiger partial charge in [-0.05, 0) is 62.6 Å². The van der Waals surface area contributed by atoms with Crippen molar-refractivity contribution in [3.63, 3.8) is 0 Å². The standard InChI is InChI=1S/C22H28ClN3O6S2/c1-15-7-8-17(23)13-20(15)26(33(4,28)29)16(2)22(27)24-19-14-18(9-10-21(19)32-3)34(30,31)25-11-5-6-12-25/h7-10,13-14,16H,5-6,11-12H2,1-4H3,(H,24,27)/t16-/m1/s1. The average Bonchev–Trinajstić information content (AvgIpc) is 3.31. The fraction of sp³-hybridized carbons (Fsp3) is 0.409. The highest BCUT2D eigenvalue weighted by atomic mass is 35.5. The van der Waals surface area contributed by atoms with E-state index in [1.165, 1.54) is 42.6 Å². The van der Waals surface area contributed by atoms with Gasteiger partial charge in [0.05, 0.1) is 29.6 Å². The minimum Gasteiger partial charge on any atom is -0.495 e. The van der Waals surface area contributed by atoms with Gasteiger partial charge in [-0.3, -0.25) is 9.10 Å². The molecule has 0 radical (unpaired) electrons. The van der Waals surface area contributed by atoms with Crippen LogP contribution in [0.15, 0.2) is 41.3 Å². The molecule has 1 amide bonds. The van der Waals surface area contributed by atoms with Crippen LogP contribution in [0.1, 0.15) is 25.3 Å². The first-order valence-corrected chi connectivity index (χ1v) is 14.3. The molecule has 1 heterocycles. The number of ether oxygens (including phenoxy) is 1. The number of amides is 1. The molecule has 9 nitrogen and oxygen atoms in total. The number of carbonyl (C=O) groups excluding carboxylic acids is 1. The number of nitrogens with one attached hydrogen (secondary N) is 1. The maximum atomic E-state index is 13.2. The number of sulfonamides is 2.